The third-order valence-electron chi connectivity index (χ3n) is 6.08. The Hall–Kier alpha value is -3.50. The largest absolute Gasteiger partial charge is 0.497 e. The Morgan fingerprint density at radius 2 is 1.57 bits per heavy atom. The summed E-state index contributed by atoms with van der Waals surface area (Å²) in [5.41, 5.74) is -7.87. The van der Waals surface area contributed by atoms with Gasteiger partial charge in [0.15, 0.2) is 5.78 Å². The molecule has 2 aromatic rings. The van der Waals surface area contributed by atoms with E-state index in [1.54, 1.807) is 44.2 Å². The molecule has 0 aliphatic heterocycles. The van der Waals surface area contributed by atoms with E-state index in [4.69, 9.17) is 4.74 Å². The first-order chi connectivity index (χ1) is 17.1. The fraction of sp³-hybridized carbons (Fsp3) is 0.385. The molecule has 11 heteroatoms. The van der Waals surface area contributed by atoms with E-state index in [2.05, 4.69) is 5.32 Å². The van der Waals surface area contributed by atoms with Crippen molar-refractivity contribution >= 4 is 11.7 Å². The molecule has 0 saturated carbocycles. The van der Waals surface area contributed by atoms with Crippen LogP contribution in [0.15, 0.2) is 65.9 Å². The zero-order chi connectivity index (χ0) is 27.6. The molecule has 0 radical (unpaired) electrons. The smallest absolute Gasteiger partial charge is 0.425 e. The van der Waals surface area contributed by atoms with Crippen LogP contribution in [0.5, 0.6) is 5.75 Å². The lowest BCUT2D eigenvalue weighted by Crippen LogP contribution is -2.70. The molecule has 37 heavy (non-hydrogen) atoms. The van der Waals surface area contributed by atoms with E-state index in [1.165, 1.54) is 24.6 Å². The zero-order valence-corrected chi connectivity index (χ0v) is 20.3. The summed E-state index contributed by atoms with van der Waals surface area (Å²) in [6.45, 7) is 3.02. The standard InChI is InChI=1S/C26H26F6N2O3/c1-23(2)13-19(33-15-16-8-5-4-6-9-16)21(20(35)14-23)24(25(27,28)29,26(30,31)32)34-22(36)17-10-7-11-18(12-17)37-3/h4-12,33H,13-15H2,1-3H3,(H,34,36). The van der Waals surface area contributed by atoms with Crippen molar-refractivity contribution in [2.24, 2.45) is 5.41 Å². The van der Waals surface area contributed by atoms with E-state index in [0.29, 0.717) is 5.56 Å². The molecule has 2 N–H and O–H groups in total. The highest BCUT2D eigenvalue weighted by molar-refractivity contribution is 6.03. The number of amides is 1. The molecule has 1 aliphatic rings. The molecule has 0 bridgehead atoms. The minimum Gasteiger partial charge on any atom is -0.497 e. The Labute approximate surface area is 209 Å². The maximum Gasteiger partial charge on any atom is 0.425 e. The highest BCUT2D eigenvalue weighted by Gasteiger charge is 2.75. The number of rotatable bonds is 7. The Kier molecular flexibility index (Phi) is 7.67. The van der Waals surface area contributed by atoms with Crippen LogP contribution in [0.25, 0.3) is 0 Å². The Balaban J connectivity index is 2.22. The number of alkyl halides is 6. The zero-order valence-electron chi connectivity index (χ0n) is 20.3. The summed E-state index contributed by atoms with van der Waals surface area (Å²) in [5, 5.41) is 3.81. The summed E-state index contributed by atoms with van der Waals surface area (Å²) in [4.78, 5) is 26.0. The summed E-state index contributed by atoms with van der Waals surface area (Å²) in [7, 11) is 1.23. The second-order valence-electron chi connectivity index (χ2n) is 9.57. The summed E-state index contributed by atoms with van der Waals surface area (Å²) in [5.74, 6) is -2.97. The maximum absolute atomic E-state index is 14.6. The van der Waals surface area contributed by atoms with E-state index in [0.717, 1.165) is 12.1 Å². The molecule has 3 rings (SSSR count). The molecule has 5 nitrogen and oxygen atoms in total. The Morgan fingerprint density at radius 1 is 0.946 bits per heavy atom. The van der Waals surface area contributed by atoms with E-state index in [1.807, 2.05) is 0 Å². The molecule has 0 aromatic heterocycles. The van der Waals surface area contributed by atoms with Gasteiger partial charge in [-0.1, -0.05) is 50.2 Å². The van der Waals surface area contributed by atoms with Gasteiger partial charge >= 0.3 is 12.4 Å². The second kappa shape index (κ2) is 10.1. The van der Waals surface area contributed by atoms with Crippen LogP contribution in [0.4, 0.5) is 26.3 Å². The Bertz CT molecular complexity index is 1170. The third kappa shape index (κ3) is 5.75. The number of methoxy groups -OCH3 is 1. The monoisotopic (exact) mass is 528 g/mol. The lowest BCUT2D eigenvalue weighted by atomic mass is 9.70. The number of halogens is 6. The summed E-state index contributed by atoms with van der Waals surface area (Å²) in [6, 6.07) is 13.0. The van der Waals surface area contributed by atoms with Crippen LogP contribution in [0.3, 0.4) is 0 Å². The molecule has 0 spiro atoms. The minimum atomic E-state index is -6.11. The van der Waals surface area contributed by atoms with Crippen LogP contribution >= 0.6 is 0 Å². The number of nitrogens with one attached hydrogen (secondary N) is 2. The summed E-state index contributed by atoms with van der Waals surface area (Å²) < 4.78 is 92.6. The number of ether oxygens (including phenoxy) is 1. The van der Waals surface area contributed by atoms with E-state index in [-0.39, 0.29) is 18.7 Å². The molecule has 200 valence electrons. The van der Waals surface area contributed by atoms with Gasteiger partial charge in [0, 0.05) is 24.2 Å². The van der Waals surface area contributed by atoms with Crippen molar-refractivity contribution in [1.29, 1.82) is 0 Å². The van der Waals surface area contributed by atoms with Gasteiger partial charge in [0.25, 0.3) is 11.4 Å². The highest BCUT2D eigenvalue weighted by atomic mass is 19.4. The van der Waals surface area contributed by atoms with Crippen molar-refractivity contribution in [3.8, 4) is 5.75 Å². The molecule has 2 aromatic carbocycles. The number of carbonyl (C=O) groups excluding carboxylic acids is 2. The first kappa shape index (κ1) is 28.1. The van der Waals surface area contributed by atoms with Crippen molar-refractivity contribution in [1.82, 2.24) is 10.6 Å². The van der Waals surface area contributed by atoms with E-state index in [9.17, 15) is 35.9 Å². The SMILES string of the molecule is COc1cccc(C(=O)NC(C2=C(NCc3ccccc3)CC(C)(C)CC2=O)(C(F)(F)F)C(F)(F)F)c1. The van der Waals surface area contributed by atoms with Crippen LogP contribution in [0.1, 0.15) is 42.6 Å². The minimum absolute atomic E-state index is 0.0530. The molecule has 0 heterocycles. The van der Waals surface area contributed by atoms with Gasteiger partial charge in [-0.15, -0.1) is 0 Å². The summed E-state index contributed by atoms with van der Waals surface area (Å²) >= 11 is 0. The normalized spacial score (nSPS) is 16.4. The molecule has 0 fully saturated rings. The number of hydrogen-bond donors (Lipinski definition) is 2. The van der Waals surface area contributed by atoms with E-state index >= 15 is 0 Å². The van der Waals surface area contributed by atoms with E-state index < -0.39 is 58.3 Å². The van der Waals surface area contributed by atoms with Gasteiger partial charge in [0.05, 0.1) is 12.7 Å². The molecule has 0 saturated heterocycles. The molecule has 1 aliphatic carbocycles. The fourth-order valence-corrected chi connectivity index (χ4v) is 4.37. The number of hydrogen-bond acceptors (Lipinski definition) is 4. The fourth-order valence-electron chi connectivity index (χ4n) is 4.37. The summed E-state index contributed by atoms with van der Waals surface area (Å²) in [6.07, 6.45) is -13.1. The molecular formula is C26H26F6N2O3. The number of benzene rings is 2. The van der Waals surface area contributed by atoms with Crippen molar-refractivity contribution in [3.63, 3.8) is 0 Å². The lowest BCUT2D eigenvalue weighted by molar-refractivity contribution is -0.290. The first-order valence-electron chi connectivity index (χ1n) is 11.3. The van der Waals surface area contributed by atoms with Crippen molar-refractivity contribution < 1.29 is 40.7 Å². The second-order valence-corrected chi connectivity index (χ2v) is 9.57. The topological polar surface area (TPSA) is 67.4 Å². The molecule has 0 unspecified atom stereocenters. The first-order valence-corrected chi connectivity index (χ1v) is 11.3. The lowest BCUT2D eigenvalue weighted by Gasteiger charge is -2.43. The predicted octanol–water partition coefficient (Wildman–Crippen LogP) is 5.72. The van der Waals surface area contributed by atoms with Crippen LogP contribution in [0, 0.1) is 5.41 Å². The average molecular weight is 528 g/mol. The molecule has 1 amide bonds. The van der Waals surface area contributed by atoms with Crippen LogP contribution in [-0.4, -0.2) is 36.7 Å². The van der Waals surface area contributed by atoms with Crippen molar-refractivity contribution in [2.45, 2.75) is 51.1 Å². The average Bonchev–Trinajstić information content (AvgIpc) is 2.80. The van der Waals surface area contributed by atoms with Crippen LogP contribution in [0.2, 0.25) is 0 Å². The number of carbonyl (C=O) groups is 2. The van der Waals surface area contributed by atoms with Gasteiger partial charge < -0.3 is 15.4 Å². The van der Waals surface area contributed by atoms with Gasteiger partial charge in [-0.3, -0.25) is 9.59 Å². The van der Waals surface area contributed by atoms with Crippen LogP contribution in [-0.2, 0) is 11.3 Å². The third-order valence-corrected chi connectivity index (χ3v) is 6.08. The van der Waals surface area contributed by atoms with Gasteiger partial charge in [-0.05, 0) is 35.6 Å². The van der Waals surface area contributed by atoms with Crippen LogP contribution < -0.4 is 15.4 Å². The predicted molar refractivity (Wildman–Crippen MR) is 124 cm³/mol. The number of Topliss-reactive ketones (excluding diaryl/α,β-unsaturated/α-hetero) is 1. The number of ketones is 1. The van der Waals surface area contributed by atoms with Gasteiger partial charge in [0.1, 0.15) is 5.75 Å². The Morgan fingerprint density at radius 3 is 2.14 bits per heavy atom. The highest BCUT2D eigenvalue weighted by Crippen LogP contribution is 2.52. The maximum atomic E-state index is 14.6. The molecule has 0 atom stereocenters. The van der Waals surface area contributed by atoms with Crippen molar-refractivity contribution in [2.75, 3.05) is 7.11 Å². The number of allylic oxidation sites excluding steroid dienone is 1. The quantitative estimate of drug-likeness (QED) is 0.451. The molecular weight excluding hydrogens is 502 g/mol. The van der Waals surface area contributed by atoms with Gasteiger partial charge in [-0.2, -0.15) is 26.3 Å². The van der Waals surface area contributed by atoms with Gasteiger partial charge in [-0.25, -0.2) is 0 Å². The van der Waals surface area contributed by atoms with Crippen molar-refractivity contribution in [3.05, 3.63) is 77.0 Å². The van der Waals surface area contributed by atoms with Gasteiger partial charge in [0.2, 0.25) is 0 Å².